The number of hydrogen-bond acceptors (Lipinski definition) is 3. The standard InChI is InChI=1S/C14H20FIN2O/c15-10-7-13(12(17)8-11(10)16)18-9-14(19)5-3-1-2-4-6-14/h7-8,18-19H,1-6,9,17H2. The Balaban J connectivity index is 2.03. The zero-order chi connectivity index (χ0) is 13.9. The van der Waals surface area contributed by atoms with Gasteiger partial charge in [-0.25, -0.2) is 4.39 Å². The van der Waals surface area contributed by atoms with Gasteiger partial charge >= 0.3 is 0 Å². The highest BCUT2D eigenvalue weighted by Gasteiger charge is 2.27. The molecule has 0 radical (unpaired) electrons. The van der Waals surface area contributed by atoms with E-state index in [2.05, 4.69) is 5.32 Å². The molecule has 0 saturated heterocycles. The maximum absolute atomic E-state index is 13.5. The molecule has 0 bridgehead atoms. The normalized spacial score (nSPS) is 18.9. The van der Waals surface area contributed by atoms with Crippen molar-refractivity contribution in [1.82, 2.24) is 0 Å². The molecular weight excluding hydrogens is 358 g/mol. The van der Waals surface area contributed by atoms with Gasteiger partial charge in [0.15, 0.2) is 0 Å². The summed E-state index contributed by atoms with van der Waals surface area (Å²) in [4.78, 5) is 0. The summed E-state index contributed by atoms with van der Waals surface area (Å²) in [5.41, 5.74) is 6.25. The number of nitrogens with two attached hydrogens (primary N) is 1. The predicted molar refractivity (Wildman–Crippen MR) is 84.7 cm³/mol. The molecule has 0 aromatic heterocycles. The van der Waals surface area contributed by atoms with E-state index in [1.807, 2.05) is 22.6 Å². The molecule has 1 aliphatic carbocycles. The van der Waals surface area contributed by atoms with Gasteiger partial charge in [0, 0.05) is 12.6 Å². The second-order valence-corrected chi connectivity index (χ2v) is 6.51. The van der Waals surface area contributed by atoms with E-state index in [0.29, 0.717) is 21.5 Å². The van der Waals surface area contributed by atoms with Crippen molar-refractivity contribution >= 4 is 34.0 Å². The SMILES string of the molecule is Nc1cc(I)c(F)cc1NCC1(O)CCCCCC1. The Bertz CT molecular complexity index is 445. The zero-order valence-corrected chi connectivity index (χ0v) is 13.0. The molecule has 0 aliphatic heterocycles. The fourth-order valence-electron chi connectivity index (χ4n) is 2.54. The number of hydrogen-bond donors (Lipinski definition) is 3. The highest BCUT2D eigenvalue weighted by molar-refractivity contribution is 14.1. The first-order valence-corrected chi connectivity index (χ1v) is 7.79. The van der Waals surface area contributed by atoms with E-state index in [-0.39, 0.29) is 5.82 Å². The van der Waals surface area contributed by atoms with Crippen LogP contribution in [0.25, 0.3) is 0 Å². The molecule has 1 aromatic rings. The Kier molecular flexibility index (Phi) is 4.89. The van der Waals surface area contributed by atoms with E-state index in [4.69, 9.17) is 5.73 Å². The first-order valence-electron chi connectivity index (χ1n) is 6.71. The number of halogens is 2. The van der Waals surface area contributed by atoms with Gasteiger partial charge in [0.25, 0.3) is 0 Å². The quantitative estimate of drug-likeness (QED) is 0.429. The van der Waals surface area contributed by atoms with Crippen molar-refractivity contribution in [2.24, 2.45) is 0 Å². The van der Waals surface area contributed by atoms with Crippen molar-refractivity contribution < 1.29 is 9.50 Å². The smallest absolute Gasteiger partial charge is 0.138 e. The minimum Gasteiger partial charge on any atom is -0.397 e. The lowest BCUT2D eigenvalue weighted by Gasteiger charge is -2.27. The minimum absolute atomic E-state index is 0.287. The van der Waals surface area contributed by atoms with Crippen LogP contribution in [0.4, 0.5) is 15.8 Å². The summed E-state index contributed by atoms with van der Waals surface area (Å²) in [6, 6.07) is 3.01. The van der Waals surface area contributed by atoms with Crippen LogP contribution < -0.4 is 11.1 Å². The van der Waals surface area contributed by atoms with Crippen molar-refractivity contribution in [1.29, 1.82) is 0 Å². The van der Waals surface area contributed by atoms with Gasteiger partial charge in [-0.3, -0.25) is 0 Å². The molecule has 0 heterocycles. The average Bonchev–Trinajstić information content (AvgIpc) is 2.58. The second-order valence-electron chi connectivity index (χ2n) is 5.35. The van der Waals surface area contributed by atoms with Crippen molar-refractivity contribution in [3.63, 3.8) is 0 Å². The number of rotatable bonds is 3. The zero-order valence-electron chi connectivity index (χ0n) is 10.9. The lowest BCUT2D eigenvalue weighted by molar-refractivity contribution is 0.0381. The van der Waals surface area contributed by atoms with E-state index >= 15 is 0 Å². The van der Waals surface area contributed by atoms with Crippen LogP contribution in [0, 0.1) is 9.39 Å². The van der Waals surface area contributed by atoms with E-state index in [1.54, 1.807) is 6.07 Å². The van der Waals surface area contributed by atoms with Crippen LogP contribution in [-0.2, 0) is 0 Å². The molecule has 1 aromatic carbocycles. The molecule has 5 heteroatoms. The molecule has 2 rings (SSSR count). The van der Waals surface area contributed by atoms with Crippen molar-refractivity contribution in [2.45, 2.75) is 44.1 Å². The third-order valence-corrected chi connectivity index (χ3v) is 4.56. The molecule has 0 amide bonds. The minimum atomic E-state index is -0.692. The van der Waals surface area contributed by atoms with Crippen molar-refractivity contribution in [3.8, 4) is 0 Å². The molecule has 1 fully saturated rings. The molecule has 106 valence electrons. The summed E-state index contributed by atoms with van der Waals surface area (Å²) in [6.45, 7) is 0.428. The summed E-state index contributed by atoms with van der Waals surface area (Å²) in [5, 5.41) is 13.6. The fraction of sp³-hybridized carbons (Fsp3) is 0.571. The summed E-state index contributed by atoms with van der Waals surface area (Å²) in [7, 11) is 0. The summed E-state index contributed by atoms with van der Waals surface area (Å²) in [6.07, 6.45) is 6.06. The van der Waals surface area contributed by atoms with Gasteiger partial charge in [-0.15, -0.1) is 0 Å². The van der Waals surface area contributed by atoms with E-state index < -0.39 is 5.60 Å². The Morgan fingerprint density at radius 2 is 1.89 bits per heavy atom. The molecule has 1 saturated carbocycles. The number of anilines is 2. The molecule has 4 N–H and O–H groups in total. The second kappa shape index (κ2) is 6.26. The Morgan fingerprint density at radius 1 is 1.26 bits per heavy atom. The third kappa shape index (κ3) is 3.95. The van der Waals surface area contributed by atoms with Gasteiger partial charge < -0.3 is 16.2 Å². The van der Waals surface area contributed by atoms with Crippen LogP contribution in [0.15, 0.2) is 12.1 Å². The van der Waals surface area contributed by atoms with Crippen LogP contribution in [0.3, 0.4) is 0 Å². The van der Waals surface area contributed by atoms with E-state index in [1.165, 1.54) is 18.9 Å². The maximum Gasteiger partial charge on any atom is 0.138 e. The fourth-order valence-corrected chi connectivity index (χ4v) is 3.03. The van der Waals surface area contributed by atoms with E-state index in [0.717, 1.165) is 25.7 Å². The maximum atomic E-state index is 13.5. The van der Waals surface area contributed by atoms with Crippen molar-refractivity contribution in [2.75, 3.05) is 17.6 Å². The molecule has 0 unspecified atom stereocenters. The number of benzene rings is 1. The third-order valence-electron chi connectivity index (χ3n) is 3.73. The Hall–Kier alpha value is -0.560. The molecule has 3 nitrogen and oxygen atoms in total. The average molecular weight is 378 g/mol. The van der Waals surface area contributed by atoms with Gasteiger partial charge in [0.1, 0.15) is 5.82 Å². The van der Waals surface area contributed by atoms with Gasteiger partial charge in [0.2, 0.25) is 0 Å². The van der Waals surface area contributed by atoms with Crippen LogP contribution in [-0.4, -0.2) is 17.3 Å². The number of nitrogens with one attached hydrogen (secondary N) is 1. The lowest BCUT2D eigenvalue weighted by atomic mass is 9.94. The molecule has 19 heavy (non-hydrogen) atoms. The molecule has 0 spiro atoms. The van der Waals surface area contributed by atoms with Crippen molar-refractivity contribution in [3.05, 3.63) is 21.5 Å². The highest BCUT2D eigenvalue weighted by Crippen LogP contribution is 2.29. The van der Waals surface area contributed by atoms with Crippen LogP contribution >= 0.6 is 22.6 Å². The van der Waals surface area contributed by atoms with Gasteiger partial charge in [-0.1, -0.05) is 25.7 Å². The Morgan fingerprint density at radius 3 is 2.53 bits per heavy atom. The van der Waals surface area contributed by atoms with Gasteiger partial charge in [-0.05, 0) is 41.5 Å². The molecule has 0 atom stereocenters. The van der Waals surface area contributed by atoms with Crippen LogP contribution in [0.2, 0.25) is 0 Å². The summed E-state index contributed by atoms with van der Waals surface area (Å²) in [5.74, 6) is -0.287. The predicted octanol–water partition coefficient (Wildman–Crippen LogP) is 3.51. The van der Waals surface area contributed by atoms with Gasteiger partial charge in [-0.2, -0.15) is 0 Å². The topological polar surface area (TPSA) is 58.3 Å². The first-order chi connectivity index (χ1) is 9.00. The molecule has 1 aliphatic rings. The highest BCUT2D eigenvalue weighted by atomic mass is 127. The molecular formula is C14H20FIN2O. The first kappa shape index (κ1) is 14.8. The van der Waals surface area contributed by atoms with E-state index in [9.17, 15) is 9.50 Å². The van der Waals surface area contributed by atoms with Crippen LogP contribution in [0.1, 0.15) is 38.5 Å². The summed E-state index contributed by atoms with van der Waals surface area (Å²) >= 11 is 1.91. The number of nitrogen functional groups attached to an aromatic ring is 1. The summed E-state index contributed by atoms with van der Waals surface area (Å²) < 4.78 is 14.0. The van der Waals surface area contributed by atoms with Gasteiger partial charge in [0.05, 0.1) is 20.5 Å². The number of aliphatic hydroxyl groups is 1. The monoisotopic (exact) mass is 378 g/mol. The largest absolute Gasteiger partial charge is 0.397 e. The Labute approximate surface area is 126 Å². The lowest BCUT2D eigenvalue weighted by Crippen LogP contribution is -2.36. The van der Waals surface area contributed by atoms with Crippen LogP contribution in [0.5, 0.6) is 0 Å².